The summed E-state index contributed by atoms with van der Waals surface area (Å²) in [6.07, 6.45) is 7.66. The monoisotopic (exact) mass is 636 g/mol. The number of nitrogens with zero attached hydrogens (tertiary/aromatic N) is 4. The third-order valence-corrected chi connectivity index (χ3v) is 10.4. The van der Waals surface area contributed by atoms with Crippen molar-refractivity contribution in [3.05, 3.63) is 81.8 Å². The van der Waals surface area contributed by atoms with Crippen LogP contribution in [0.4, 0.5) is 11.4 Å². The molecule has 2 amide bonds. The lowest BCUT2D eigenvalue weighted by Gasteiger charge is -2.61. The van der Waals surface area contributed by atoms with E-state index in [0.29, 0.717) is 13.1 Å². The number of halogens is 2. The standard InChI is InChI=1S/C30H30Br2N4O2/c1-3-13-33-23-11-9-19(31)17-21(23)29(27(33)37)30(36-16-6-8-26(36)25-7-5-15-35(25)29)22-18-20(32)10-12-24(22)34(14-4-2)28(30)38/h3-4,9-12,17-18,25-26H,1-2,5-8,13-16H2/t25-,26-,29-,30-/m0/s1. The molecule has 0 radical (unpaired) electrons. The largest absolute Gasteiger partial charge is 0.306 e. The first-order chi connectivity index (χ1) is 18.4. The van der Waals surface area contributed by atoms with Gasteiger partial charge in [0, 0.05) is 69.7 Å². The van der Waals surface area contributed by atoms with Crippen LogP contribution in [0.25, 0.3) is 0 Å². The van der Waals surface area contributed by atoms with E-state index in [1.165, 1.54) is 0 Å². The molecule has 196 valence electrons. The van der Waals surface area contributed by atoms with E-state index in [4.69, 9.17) is 0 Å². The first-order valence-corrected chi connectivity index (χ1v) is 15.0. The van der Waals surface area contributed by atoms with Crippen molar-refractivity contribution in [2.75, 3.05) is 36.0 Å². The molecule has 5 aliphatic heterocycles. The van der Waals surface area contributed by atoms with Crippen molar-refractivity contribution in [1.82, 2.24) is 9.80 Å². The second kappa shape index (κ2) is 8.62. The van der Waals surface area contributed by atoms with E-state index >= 15 is 9.59 Å². The van der Waals surface area contributed by atoms with E-state index in [1.54, 1.807) is 12.2 Å². The molecule has 4 atom stereocenters. The quantitative estimate of drug-likeness (QED) is 0.427. The highest BCUT2D eigenvalue weighted by atomic mass is 79.9. The van der Waals surface area contributed by atoms with Crippen molar-refractivity contribution in [3.8, 4) is 0 Å². The molecule has 0 N–H and O–H groups in total. The smallest absolute Gasteiger partial charge is 0.255 e. The van der Waals surface area contributed by atoms with Gasteiger partial charge in [-0.05, 0) is 62.1 Å². The lowest BCUT2D eigenvalue weighted by molar-refractivity contribution is -0.180. The van der Waals surface area contributed by atoms with Gasteiger partial charge >= 0.3 is 0 Å². The summed E-state index contributed by atoms with van der Waals surface area (Å²) in [6, 6.07) is 12.6. The minimum atomic E-state index is -1.19. The molecule has 0 bridgehead atoms. The predicted octanol–water partition coefficient (Wildman–Crippen LogP) is 5.31. The van der Waals surface area contributed by atoms with E-state index in [-0.39, 0.29) is 23.9 Å². The number of carbonyl (C=O) groups is 2. The fourth-order valence-electron chi connectivity index (χ4n) is 8.42. The van der Waals surface area contributed by atoms with Crippen LogP contribution >= 0.6 is 31.9 Å². The molecule has 0 saturated carbocycles. The SMILES string of the molecule is C=CCN1C(=O)[C@]2(c3cc(Br)ccc31)N1CCC[C@H]1[C@@H]1CCCN1[C@@]21C(=O)N(CC=C)c2ccc(Br)cc21. The van der Waals surface area contributed by atoms with Gasteiger partial charge in [0.15, 0.2) is 11.1 Å². The minimum Gasteiger partial charge on any atom is -0.306 e. The van der Waals surface area contributed by atoms with Gasteiger partial charge < -0.3 is 9.80 Å². The molecule has 5 heterocycles. The molecule has 7 rings (SSSR count). The molecule has 3 fully saturated rings. The van der Waals surface area contributed by atoms with Crippen LogP contribution in [0.3, 0.4) is 0 Å². The Morgan fingerprint density at radius 2 is 1.18 bits per heavy atom. The van der Waals surface area contributed by atoms with Crippen molar-refractivity contribution >= 4 is 55.0 Å². The number of anilines is 2. The predicted molar refractivity (Wildman–Crippen MR) is 156 cm³/mol. The topological polar surface area (TPSA) is 47.1 Å². The highest BCUT2D eigenvalue weighted by molar-refractivity contribution is 9.10. The first kappa shape index (κ1) is 24.8. The summed E-state index contributed by atoms with van der Waals surface area (Å²) in [7, 11) is 0. The highest BCUT2D eigenvalue weighted by Crippen LogP contribution is 2.66. The number of amides is 2. The van der Waals surface area contributed by atoms with E-state index in [9.17, 15) is 0 Å². The third kappa shape index (κ3) is 2.75. The van der Waals surface area contributed by atoms with Gasteiger partial charge in [-0.3, -0.25) is 19.4 Å². The molecule has 2 aromatic carbocycles. The molecule has 2 aromatic rings. The minimum absolute atomic E-state index is 0.0255. The zero-order chi connectivity index (χ0) is 26.4. The second-order valence-corrected chi connectivity index (χ2v) is 12.8. The summed E-state index contributed by atoms with van der Waals surface area (Å²) in [5.41, 5.74) is 1.17. The average Bonchev–Trinajstić information content (AvgIpc) is 3.66. The van der Waals surface area contributed by atoms with Crippen molar-refractivity contribution in [1.29, 1.82) is 0 Å². The zero-order valence-electron chi connectivity index (χ0n) is 21.2. The van der Waals surface area contributed by atoms with Crippen molar-refractivity contribution in [3.63, 3.8) is 0 Å². The maximum absolute atomic E-state index is 15.2. The molecule has 0 aliphatic carbocycles. The number of carbonyl (C=O) groups excluding carboxylic acids is 2. The fraction of sp³-hybridized carbons (Fsp3) is 0.400. The summed E-state index contributed by atoms with van der Waals surface area (Å²) < 4.78 is 1.81. The van der Waals surface area contributed by atoms with E-state index < -0.39 is 11.1 Å². The highest BCUT2D eigenvalue weighted by Gasteiger charge is 2.79. The molecule has 5 aliphatic rings. The van der Waals surface area contributed by atoms with Gasteiger partial charge in [0.1, 0.15) is 0 Å². The third-order valence-electron chi connectivity index (χ3n) is 9.44. The van der Waals surface area contributed by atoms with Crippen LogP contribution in [0.15, 0.2) is 70.7 Å². The Labute approximate surface area is 240 Å². The van der Waals surface area contributed by atoms with Crippen LogP contribution in [0.2, 0.25) is 0 Å². The second-order valence-electron chi connectivity index (χ2n) is 11.0. The Morgan fingerprint density at radius 3 is 1.58 bits per heavy atom. The Balaban J connectivity index is 1.65. The van der Waals surface area contributed by atoms with Gasteiger partial charge in [0.25, 0.3) is 11.8 Å². The number of fused-ring (bicyclic) bond motifs is 10. The number of benzene rings is 2. The molecule has 0 aromatic heterocycles. The molecule has 3 saturated heterocycles. The maximum atomic E-state index is 15.2. The van der Waals surface area contributed by atoms with Crippen LogP contribution in [0, 0.1) is 0 Å². The summed E-state index contributed by atoms with van der Waals surface area (Å²) in [4.78, 5) is 39.0. The summed E-state index contributed by atoms with van der Waals surface area (Å²) >= 11 is 7.43. The summed E-state index contributed by atoms with van der Waals surface area (Å²) in [6.45, 7) is 10.3. The first-order valence-electron chi connectivity index (χ1n) is 13.4. The molecule has 6 nitrogen and oxygen atoms in total. The number of rotatable bonds is 4. The van der Waals surface area contributed by atoms with E-state index in [2.05, 4.69) is 67.0 Å². The molecule has 8 heteroatoms. The normalized spacial score (nSPS) is 31.7. The van der Waals surface area contributed by atoms with Crippen LogP contribution < -0.4 is 9.80 Å². The lowest BCUT2D eigenvalue weighted by atomic mass is 9.64. The van der Waals surface area contributed by atoms with Crippen LogP contribution in [-0.2, 0) is 20.7 Å². The average molecular weight is 638 g/mol. The summed E-state index contributed by atoms with van der Waals surface area (Å²) in [5, 5.41) is 0. The van der Waals surface area contributed by atoms with Gasteiger partial charge in [-0.25, -0.2) is 0 Å². The van der Waals surface area contributed by atoms with E-state index in [1.807, 2.05) is 34.1 Å². The zero-order valence-corrected chi connectivity index (χ0v) is 24.4. The van der Waals surface area contributed by atoms with Gasteiger partial charge in [-0.2, -0.15) is 0 Å². The molecule has 0 unspecified atom stereocenters. The Morgan fingerprint density at radius 1 is 0.763 bits per heavy atom. The number of piperazine rings is 1. The van der Waals surface area contributed by atoms with Gasteiger partial charge in [-0.1, -0.05) is 44.0 Å². The molecular formula is C30H30Br2N4O2. The molecular weight excluding hydrogens is 608 g/mol. The molecule has 2 spiro atoms. The van der Waals surface area contributed by atoms with Crippen molar-refractivity contribution < 1.29 is 9.59 Å². The number of hydrogen-bond donors (Lipinski definition) is 0. The van der Waals surface area contributed by atoms with Crippen LogP contribution in [-0.4, -0.2) is 59.9 Å². The maximum Gasteiger partial charge on any atom is 0.255 e. The number of hydrogen-bond acceptors (Lipinski definition) is 4. The van der Waals surface area contributed by atoms with Crippen LogP contribution in [0.5, 0.6) is 0 Å². The van der Waals surface area contributed by atoms with Crippen molar-refractivity contribution in [2.24, 2.45) is 0 Å². The Kier molecular flexibility index (Phi) is 5.62. The van der Waals surface area contributed by atoms with Gasteiger partial charge in [0.2, 0.25) is 0 Å². The Hall–Kier alpha value is -2.26. The van der Waals surface area contributed by atoms with Crippen molar-refractivity contribution in [2.45, 2.75) is 48.8 Å². The van der Waals surface area contributed by atoms with Gasteiger partial charge in [-0.15, -0.1) is 13.2 Å². The van der Waals surface area contributed by atoms with Crippen LogP contribution in [0.1, 0.15) is 36.8 Å². The molecule has 38 heavy (non-hydrogen) atoms. The summed E-state index contributed by atoms with van der Waals surface area (Å²) in [5.74, 6) is -0.0510. The fourth-order valence-corrected chi connectivity index (χ4v) is 9.14. The Bertz CT molecular complexity index is 1310. The van der Waals surface area contributed by atoms with Gasteiger partial charge in [0.05, 0.1) is 0 Å². The van der Waals surface area contributed by atoms with E-state index in [0.717, 1.165) is 70.2 Å². The lowest BCUT2D eigenvalue weighted by Crippen LogP contribution is -2.80.